The summed E-state index contributed by atoms with van der Waals surface area (Å²) in [6, 6.07) is 18.8. The molecule has 2 aromatic carbocycles. The summed E-state index contributed by atoms with van der Waals surface area (Å²) in [5.41, 5.74) is 5.25. The Labute approximate surface area is 144 Å². The van der Waals surface area contributed by atoms with Crippen LogP contribution in [0.2, 0.25) is 0 Å². The number of aromatic amines is 1. The Morgan fingerprint density at radius 1 is 1.16 bits per heavy atom. The van der Waals surface area contributed by atoms with Crippen LogP contribution in [-0.4, -0.2) is 16.2 Å². The number of nitrogens with zero attached hydrogens (tertiary/aromatic N) is 3. The topological polar surface area (TPSA) is 93.9 Å². The normalized spacial score (nSPS) is 10.6. The first-order valence-corrected chi connectivity index (χ1v) is 7.63. The fourth-order valence-electron chi connectivity index (χ4n) is 2.26. The van der Waals surface area contributed by atoms with Gasteiger partial charge in [-0.25, -0.2) is 10.4 Å². The van der Waals surface area contributed by atoms with Crippen molar-refractivity contribution in [1.82, 2.24) is 9.97 Å². The summed E-state index contributed by atoms with van der Waals surface area (Å²) in [6.45, 7) is 2.01. The van der Waals surface area contributed by atoms with Crippen LogP contribution in [-0.2, 0) is 0 Å². The Hall–Kier alpha value is -3.72. The number of aromatic nitrogens is 2. The lowest BCUT2D eigenvalue weighted by atomic mass is 10.1. The van der Waals surface area contributed by atoms with Gasteiger partial charge in [-0.15, -0.1) is 0 Å². The second-order valence-electron chi connectivity index (χ2n) is 5.40. The van der Waals surface area contributed by atoms with E-state index in [1.54, 1.807) is 18.3 Å². The molecule has 0 saturated heterocycles. The van der Waals surface area contributed by atoms with E-state index in [-0.39, 0.29) is 11.5 Å². The van der Waals surface area contributed by atoms with E-state index in [1.807, 2.05) is 55.5 Å². The van der Waals surface area contributed by atoms with Crippen LogP contribution in [0.25, 0.3) is 11.3 Å². The summed E-state index contributed by atoms with van der Waals surface area (Å²) in [6.07, 6.45) is 1.62. The zero-order valence-corrected chi connectivity index (χ0v) is 13.5. The van der Waals surface area contributed by atoms with E-state index in [4.69, 9.17) is 0 Å². The monoisotopic (exact) mass is 329 g/mol. The Morgan fingerprint density at radius 2 is 1.88 bits per heavy atom. The number of aryl methyl sites for hydroxylation is 1. The van der Waals surface area contributed by atoms with Gasteiger partial charge >= 0.3 is 0 Å². The van der Waals surface area contributed by atoms with E-state index in [9.17, 15) is 10.1 Å². The minimum Gasteiger partial charge on any atom is -0.290 e. The molecule has 6 nitrogen and oxygen atoms in total. The summed E-state index contributed by atoms with van der Waals surface area (Å²) in [7, 11) is 0. The maximum Gasteiger partial charge on any atom is 0.270 e. The van der Waals surface area contributed by atoms with Gasteiger partial charge in [0.15, 0.2) is 0 Å². The van der Waals surface area contributed by atoms with Crippen LogP contribution in [0.3, 0.4) is 0 Å². The van der Waals surface area contributed by atoms with Crippen LogP contribution in [0.15, 0.2) is 64.5 Å². The number of hydrogen-bond acceptors (Lipinski definition) is 5. The van der Waals surface area contributed by atoms with Crippen molar-refractivity contribution in [2.24, 2.45) is 5.10 Å². The largest absolute Gasteiger partial charge is 0.290 e. The highest BCUT2D eigenvalue weighted by molar-refractivity contribution is 5.80. The minimum atomic E-state index is -0.510. The molecule has 6 heteroatoms. The average molecular weight is 329 g/mol. The molecular weight excluding hydrogens is 314 g/mol. The predicted octanol–water partition coefficient (Wildman–Crippen LogP) is 3.06. The Morgan fingerprint density at radius 3 is 2.56 bits per heavy atom. The van der Waals surface area contributed by atoms with Gasteiger partial charge in [0.2, 0.25) is 5.95 Å². The van der Waals surface area contributed by atoms with Crippen LogP contribution in [0.5, 0.6) is 0 Å². The maximum absolute atomic E-state index is 12.1. The third-order valence-corrected chi connectivity index (χ3v) is 3.54. The Bertz CT molecular complexity index is 999. The highest BCUT2D eigenvalue weighted by atomic mass is 16.1. The maximum atomic E-state index is 12.1. The predicted molar refractivity (Wildman–Crippen MR) is 97.4 cm³/mol. The fraction of sp³-hybridized carbons (Fsp3) is 0.0526. The lowest BCUT2D eigenvalue weighted by molar-refractivity contribution is 1.08. The molecule has 0 amide bonds. The lowest BCUT2D eigenvalue weighted by Crippen LogP contribution is -2.16. The van der Waals surface area contributed by atoms with Crippen LogP contribution >= 0.6 is 0 Å². The summed E-state index contributed by atoms with van der Waals surface area (Å²) < 4.78 is 0. The van der Waals surface area contributed by atoms with Crippen LogP contribution < -0.4 is 11.0 Å². The van der Waals surface area contributed by atoms with Crippen molar-refractivity contribution < 1.29 is 0 Å². The molecule has 1 aromatic heterocycles. The number of benzene rings is 2. The number of hydrazone groups is 1. The van der Waals surface area contributed by atoms with E-state index in [0.717, 1.165) is 11.1 Å². The van der Waals surface area contributed by atoms with E-state index < -0.39 is 5.56 Å². The number of nitriles is 1. The molecule has 3 aromatic rings. The zero-order valence-electron chi connectivity index (χ0n) is 13.5. The second-order valence-corrected chi connectivity index (χ2v) is 5.40. The van der Waals surface area contributed by atoms with E-state index in [2.05, 4.69) is 20.5 Å². The SMILES string of the molecule is Cc1ccc(C=NNc2nc(-c3ccccc3)c(C#N)c(=O)[nH]2)cc1. The molecule has 0 saturated carbocycles. The lowest BCUT2D eigenvalue weighted by Gasteiger charge is -2.05. The van der Waals surface area contributed by atoms with Gasteiger partial charge in [-0.05, 0) is 12.5 Å². The molecule has 1 heterocycles. The standard InChI is InChI=1S/C19H15N5O/c1-13-7-9-14(10-8-13)12-21-24-19-22-17(15-5-3-2-4-6-15)16(11-20)18(25)23-19/h2-10,12H,1H3,(H2,22,23,24,25). The zero-order chi connectivity index (χ0) is 17.6. The smallest absolute Gasteiger partial charge is 0.270 e. The molecule has 0 aliphatic carbocycles. The first-order valence-electron chi connectivity index (χ1n) is 7.63. The Balaban J connectivity index is 1.90. The summed E-state index contributed by atoms with van der Waals surface area (Å²) in [4.78, 5) is 19.0. The Kier molecular flexibility index (Phi) is 4.67. The number of H-pyrrole nitrogens is 1. The van der Waals surface area contributed by atoms with Gasteiger partial charge in [0, 0.05) is 5.56 Å². The third-order valence-electron chi connectivity index (χ3n) is 3.54. The average Bonchev–Trinajstić information content (AvgIpc) is 2.64. The molecule has 3 rings (SSSR count). The molecule has 0 unspecified atom stereocenters. The van der Waals surface area contributed by atoms with Gasteiger partial charge in [0.05, 0.1) is 11.9 Å². The van der Waals surface area contributed by atoms with Gasteiger partial charge in [-0.2, -0.15) is 10.4 Å². The molecule has 0 bridgehead atoms. The summed E-state index contributed by atoms with van der Waals surface area (Å²) in [5, 5.41) is 13.3. The first kappa shape index (κ1) is 16.1. The van der Waals surface area contributed by atoms with Crippen molar-refractivity contribution in [3.63, 3.8) is 0 Å². The first-order chi connectivity index (χ1) is 12.2. The third kappa shape index (κ3) is 3.79. The minimum absolute atomic E-state index is 0.0285. The van der Waals surface area contributed by atoms with Crippen LogP contribution in [0, 0.1) is 18.3 Å². The molecule has 122 valence electrons. The van der Waals surface area contributed by atoms with E-state index in [0.29, 0.717) is 11.3 Å². The molecule has 25 heavy (non-hydrogen) atoms. The van der Waals surface area contributed by atoms with Crippen molar-refractivity contribution in [2.75, 3.05) is 5.43 Å². The molecule has 0 fully saturated rings. The van der Waals surface area contributed by atoms with E-state index in [1.165, 1.54) is 0 Å². The second kappa shape index (κ2) is 7.23. The van der Waals surface area contributed by atoms with Crippen molar-refractivity contribution in [3.05, 3.63) is 81.6 Å². The molecule has 0 aliphatic rings. The van der Waals surface area contributed by atoms with Crippen molar-refractivity contribution in [3.8, 4) is 17.3 Å². The van der Waals surface area contributed by atoms with Gasteiger partial charge in [0.25, 0.3) is 5.56 Å². The quantitative estimate of drug-likeness (QED) is 0.568. The number of nitrogens with one attached hydrogen (secondary N) is 2. The van der Waals surface area contributed by atoms with Gasteiger partial charge in [0.1, 0.15) is 11.6 Å². The van der Waals surface area contributed by atoms with Crippen molar-refractivity contribution >= 4 is 12.2 Å². The number of anilines is 1. The van der Waals surface area contributed by atoms with Gasteiger partial charge in [-0.3, -0.25) is 9.78 Å². The molecule has 0 aliphatic heterocycles. The number of hydrogen-bond donors (Lipinski definition) is 2. The summed E-state index contributed by atoms with van der Waals surface area (Å²) >= 11 is 0. The van der Waals surface area contributed by atoms with Crippen LogP contribution in [0.1, 0.15) is 16.7 Å². The molecule has 0 atom stereocenters. The van der Waals surface area contributed by atoms with Gasteiger partial charge < -0.3 is 0 Å². The highest BCUT2D eigenvalue weighted by Gasteiger charge is 2.12. The van der Waals surface area contributed by atoms with Crippen molar-refractivity contribution in [1.29, 1.82) is 5.26 Å². The summed E-state index contributed by atoms with van der Waals surface area (Å²) in [5.74, 6) is 0.172. The molecule has 2 N–H and O–H groups in total. The molecule has 0 radical (unpaired) electrons. The highest BCUT2D eigenvalue weighted by Crippen LogP contribution is 2.19. The number of rotatable bonds is 4. The van der Waals surface area contributed by atoms with E-state index >= 15 is 0 Å². The molecular formula is C19H15N5O. The van der Waals surface area contributed by atoms with Crippen LogP contribution in [0.4, 0.5) is 5.95 Å². The fourth-order valence-corrected chi connectivity index (χ4v) is 2.26. The molecule has 0 spiro atoms. The van der Waals surface area contributed by atoms with Crippen molar-refractivity contribution in [2.45, 2.75) is 6.92 Å². The van der Waals surface area contributed by atoms with Gasteiger partial charge in [-0.1, -0.05) is 60.2 Å².